The Morgan fingerprint density at radius 3 is 2.67 bits per heavy atom. The van der Waals surface area contributed by atoms with Gasteiger partial charge >= 0.3 is 0 Å². The van der Waals surface area contributed by atoms with Crippen LogP contribution in [0.1, 0.15) is 12.8 Å². The number of rotatable bonds is 6. The van der Waals surface area contributed by atoms with Gasteiger partial charge in [-0.3, -0.25) is 4.99 Å². The van der Waals surface area contributed by atoms with E-state index in [1.807, 2.05) is 5.43 Å². The van der Waals surface area contributed by atoms with Crippen molar-refractivity contribution in [3.8, 4) is 0 Å². The molecule has 0 atom stereocenters. The minimum atomic E-state index is -0.569. The third-order valence-electron chi connectivity index (χ3n) is 1.12. The highest BCUT2D eigenvalue weighted by Gasteiger charge is 1.92. The number of nitrogens with two attached hydrogens (primary N) is 2. The summed E-state index contributed by atoms with van der Waals surface area (Å²) in [5.74, 6) is 0.0530. The summed E-state index contributed by atoms with van der Waals surface area (Å²) in [6.45, 7) is 0.856. The number of nitro groups is 1. The number of guanidine groups is 1. The maximum absolute atomic E-state index is 9.77. The molecule has 7 heteroatoms. The normalized spacial score (nSPS) is 9.00. The van der Waals surface area contributed by atoms with E-state index in [2.05, 4.69) is 4.99 Å². The van der Waals surface area contributed by atoms with Crippen molar-refractivity contribution in [2.45, 2.75) is 12.8 Å². The number of aliphatic imine (C=N–C) groups is 1. The quantitative estimate of drug-likeness (QED) is 0.154. The van der Waals surface area contributed by atoms with Crippen molar-refractivity contribution in [3.63, 3.8) is 0 Å². The van der Waals surface area contributed by atoms with Gasteiger partial charge in [0.05, 0.1) is 6.54 Å². The molecule has 0 saturated carbocycles. The van der Waals surface area contributed by atoms with E-state index in [1.54, 1.807) is 0 Å². The average molecular weight is 175 g/mol. The van der Waals surface area contributed by atoms with Crippen LogP contribution in [0.25, 0.3) is 0 Å². The summed E-state index contributed by atoms with van der Waals surface area (Å²) >= 11 is 0. The third-order valence-corrected chi connectivity index (χ3v) is 1.12. The van der Waals surface area contributed by atoms with Gasteiger partial charge in [-0.1, -0.05) is 0 Å². The maximum Gasteiger partial charge on any atom is 0.185 e. The standard InChI is InChI=1S/C5H13N5O2/c6-5(7)8-3-1-2-4-9-10(11)12/h9H,1-4H2,(H4,6,7,8). The molecule has 0 radical (unpaired) electrons. The van der Waals surface area contributed by atoms with Gasteiger partial charge in [-0.25, -0.2) is 10.1 Å². The molecule has 0 bridgehead atoms. The summed E-state index contributed by atoms with van der Waals surface area (Å²) in [7, 11) is 0. The first-order valence-electron chi connectivity index (χ1n) is 3.56. The number of hydrogen-bond acceptors (Lipinski definition) is 3. The van der Waals surface area contributed by atoms with Gasteiger partial charge in [0.25, 0.3) is 0 Å². The molecule has 0 amide bonds. The molecule has 12 heavy (non-hydrogen) atoms. The minimum Gasteiger partial charge on any atom is -0.370 e. The van der Waals surface area contributed by atoms with E-state index in [1.165, 1.54) is 0 Å². The lowest BCUT2D eigenvalue weighted by Crippen LogP contribution is -2.24. The van der Waals surface area contributed by atoms with Gasteiger partial charge in [0.1, 0.15) is 0 Å². The van der Waals surface area contributed by atoms with Crippen molar-refractivity contribution in [2.24, 2.45) is 16.5 Å². The van der Waals surface area contributed by atoms with Crippen molar-refractivity contribution >= 4 is 5.96 Å². The zero-order valence-electron chi connectivity index (χ0n) is 6.69. The van der Waals surface area contributed by atoms with E-state index in [9.17, 15) is 10.1 Å². The SMILES string of the molecule is NC(N)=NCCCCN[N+](=O)[O-]. The summed E-state index contributed by atoms with van der Waals surface area (Å²) < 4.78 is 0. The molecule has 0 aromatic heterocycles. The Labute approximate surface area is 69.9 Å². The Bertz CT molecular complexity index is 165. The van der Waals surface area contributed by atoms with Gasteiger partial charge in [0.2, 0.25) is 0 Å². The molecule has 0 aliphatic rings. The summed E-state index contributed by atoms with van der Waals surface area (Å²) in [6.07, 6.45) is 1.41. The smallest absolute Gasteiger partial charge is 0.185 e. The van der Waals surface area contributed by atoms with Gasteiger partial charge < -0.3 is 11.5 Å². The largest absolute Gasteiger partial charge is 0.370 e. The average Bonchev–Trinajstić information content (AvgIpc) is 1.95. The van der Waals surface area contributed by atoms with Gasteiger partial charge in [-0.05, 0) is 12.8 Å². The van der Waals surface area contributed by atoms with Crippen LogP contribution in [0.3, 0.4) is 0 Å². The zero-order chi connectivity index (χ0) is 9.40. The molecule has 0 heterocycles. The van der Waals surface area contributed by atoms with Gasteiger partial charge in [-0.15, -0.1) is 5.43 Å². The van der Waals surface area contributed by atoms with Gasteiger partial charge in [-0.2, -0.15) is 0 Å². The Kier molecular flexibility index (Phi) is 5.41. The Hall–Kier alpha value is -1.53. The summed E-state index contributed by atoms with van der Waals surface area (Å²) in [6, 6.07) is 0. The van der Waals surface area contributed by atoms with Crippen molar-refractivity contribution in [3.05, 3.63) is 10.1 Å². The molecule has 0 spiro atoms. The van der Waals surface area contributed by atoms with Crippen LogP contribution in [0, 0.1) is 10.1 Å². The fraction of sp³-hybridized carbons (Fsp3) is 0.800. The second-order valence-electron chi connectivity index (χ2n) is 2.18. The van der Waals surface area contributed by atoms with Crippen LogP contribution < -0.4 is 16.9 Å². The molecule has 5 N–H and O–H groups in total. The molecule has 0 aliphatic carbocycles. The fourth-order valence-corrected chi connectivity index (χ4v) is 0.615. The predicted molar refractivity (Wildman–Crippen MR) is 44.9 cm³/mol. The Balaban J connectivity index is 3.11. The molecule has 0 fully saturated rings. The highest BCUT2D eigenvalue weighted by molar-refractivity contribution is 5.75. The van der Waals surface area contributed by atoms with Crippen molar-refractivity contribution in [1.82, 2.24) is 5.43 Å². The predicted octanol–water partition coefficient (Wildman–Crippen LogP) is -1.18. The van der Waals surface area contributed by atoms with Crippen LogP contribution in [-0.2, 0) is 0 Å². The fourth-order valence-electron chi connectivity index (χ4n) is 0.615. The first kappa shape index (κ1) is 10.5. The van der Waals surface area contributed by atoms with E-state index in [4.69, 9.17) is 11.5 Å². The first-order chi connectivity index (χ1) is 5.63. The van der Waals surface area contributed by atoms with E-state index < -0.39 is 5.03 Å². The molecule has 0 saturated heterocycles. The zero-order valence-corrected chi connectivity index (χ0v) is 6.69. The van der Waals surface area contributed by atoms with Crippen LogP contribution >= 0.6 is 0 Å². The van der Waals surface area contributed by atoms with E-state index >= 15 is 0 Å². The second-order valence-corrected chi connectivity index (χ2v) is 2.18. The van der Waals surface area contributed by atoms with Crippen LogP contribution in [0.5, 0.6) is 0 Å². The highest BCUT2D eigenvalue weighted by Crippen LogP contribution is 1.86. The molecule has 70 valence electrons. The van der Waals surface area contributed by atoms with E-state index in [0.717, 1.165) is 6.42 Å². The van der Waals surface area contributed by atoms with Gasteiger partial charge in [0.15, 0.2) is 11.0 Å². The molecule has 0 aromatic carbocycles. The topological polar surface area (TPSA) is 120 Å². The van der Waals surface area contributed by atoms with Crippen LogP contribution in [0.2, 0.25) is 0 Å². The maximum atomic E-state index is 9.77. The molecule has 0 unspecified atom stereocenters. The number of nitrogens with one attached hydrogen (secondary N) is 1. The monoisotopic (exact) mass is 175 g/mol. The lowest BCUT2D eigenvalue weighted by Gasteiger charge is -1.96. The minimum absolute atomic E-state index is 0.0530. The van der Waals surface area contributed by atoms with Crippen LogP contribution in [-0.4, -0.2) is 24.1 Å². The molecule has 0 rings (SSSR count). The van der Waals surface area contributed by atoms with Crippen LogP contribution in [0.4, 0.5) is 0 Å². The number of unbranched alkanes of at least 4 members (excludes halogenated alkanes) is 1. The van der Waals surface area contributed by atoms with Crippen LogP contribution in [0.15, 0.2) is 4.99 Å². The van der Waals surface area contributed by atoms with Crippen molar-refractivity contribution in [2.75, 3.05) is 13.1 Å². The summed E-state index contributed by atoms with van der Waals surface area (Å²) in [4.78, 5) is 13.5. The number of nitrogens with zero attached hydrogens (tertiary/aromatic N) is 2. The van der Waals surface area contributed by atoms with Crippen molar-refractivity contribution in [1.29, 1.82) is 0 Å². The van der Waals surface area contributed by atoms with E-state index in [-0.39, 0.29) is 5.96 Å². The molecular formula is C5H13N5O2. The second kappa shape index (κ2) is 6.20. The highest BCUT2D eigenvalue weighted by atomic mass is 16.7. The summed E-state index contributed by atoms with van der Waals surface area (Å²) in [5, 5.41) is 9.20. The van der Waals surface area contributed by atoms with Crippen molar-refractivity contribution < 1.29 is 5.03 Å². The Morgan fingerprint density at radius 1 is 1.50 bits per heavy atom. The molecular weight excluding hydrogens is 162 g/mol. The Morgan fingerprint density at radius 2 is 2.17 bits per heavy atom. The van der Waals surface area contributed by atoms with E-state index in [0.29, 0.717) is 19.5 Å². The lowest BCUT2D eigenvalue weighted by atomic mass is 10.3. The lowest BCUT2D eigenvalue weighted by molar-refractivity contribution is -0.544. The number of hydrazine groups is 1. The first-order valence-corrected chi connectivity index (χ1v) is 3.56. The third kappa shape index (κ3) is 8.47. The molecule has 0 aromatic rings. The number of hydrogen-bond donors (Lipinski definition) is 3. The molecule has 0 aliphatic heterocycles. The summed E-state index contributed by atoms with van der Waals surface area (Å²) in [5.41, 5.74) is 12.2. The van der Waals surface area contributed by atoms with Gasteiger partial charge in [0, 0.05) is 6.54 Å². The molecule has 7 nitrogen and oxygen atoms in total.